The third-order valence-electron chi connectivity index (χ3n) is 7.93. The van der Waals surface area contributed by atoms with Crippen molar-refractivity contribution in [3.05, 3.63) is 100 Å². The molecule has 3 heterocycles. The Morgan fingerprint density at radius 2 is 1.83 bits per heavy atom. The van der Waals surface area contributed by atoms with E-state index in [1.165, 1.54) is 6.07 Å². The SMILES string of the molecule is Nc1ccc(CCNC(=O)c2cn3c4c(c(N5CCC(N)C5)c(F)cc4c2=O)Oc2cc4ccccc4cc2-3)cc1. The fourth-order valence-corrected chi connectivity index (χ4v) is 5.84. The fraction of sp³-hybridized carbons (Fsp3) is 0.188. The zero-order valence-electron chi connectivity index (χ0n) is 22.2. The first-order valence-electron chi connectivity index (χ1n) is 13.6. The number of aromatic nitrogens is 1. The van der Waals surface area contributed by atoms with E-state index in [0.29, 0.717) is 48.7 Å². The first-order valence-corrected chi connectivity index (χ1v) is 13.6. The van der Waals surface area contributed by atoms with Crippen LogP contribution in [0.4, 0.5) is 15.8 Å². The van der Waals surface area contributed by atoms with Gasteiger partial charge in [-0.1, -0.05) is 36.4 Å². The molecule has 5 aromatic rings. The molecular weight excluding hydrogens is 521 g/mol. The molecule has 2 aliphatic heterocycles. The van der Waals surface area contributed by atoms with Gasteiger partial charge in [0.1, 0.15) is 16.8 Å². The zero-order valence-corrected chi connectivity index (χ0v) is 22.2. The molecule has 4 aromatic carbocycles. The van der Waals surface area contributed by atoms with E-state index in [2.05, 4.69) is 5.32 Å². The lowest BCUT2D eigenvalue weighted by Crippen LogP contribution is -2.32. The third kappa shape index (κ3) is 4.25. The molecule has 2 aliphatic rings. The van der Waals surface area contributed by atoms with Crippen molar-refractivity contribution in [1.29, 1.82) is 0 Å². The normalized spacial score (nSPS) is 15.7. The topological polar surface area (TPSA) is 116 Å². The Balaban J connectivity index is 1.37. The number of nitrogens with zero attached hydrogens (tertiary/aromatic N) is 2. The predicted octanol–water partition coefficient (Wildman–Crippen LogP) is 4.48. The highest BCUT2D eigenvalue weighted by Gasteiger charge is 2.32. The van der Waals surface area contributed by atoms with Crippen LogP contribution in [0, 0.1) is 5.82 Å². The maximum Gasteiger partial charge on any atom is 0.256 e. The Hall–Kier alpha value is -4.89. The predicted molar refractivity (Wildman–Crippen MR) is 159 cm³/mol. The molecule has 1 unspecified atom stereocenters. The highest BCUT2D eigenvalue weighted by atomic mass is 19.1. The molecule has 1 fully saturated rings. The summed E-state index contributed by atoms with van der Waals surface area (Å²) in [5.41, 5.74) is 14.3. The number of nitrogens with two attached hydrogens (primary N) is 2. The minimum absolute atomic E-state index is 0.0721. The largest absolute Gasteiger partial charge is 0.451 e. The number of halogens is 1. The molecule has 0 radical (unpaired) electrons. The fourth-order valence-electron chi connectivity index (χ4n) is 5.84. The molecule has 9 heteroatoms. The second kappa shape index (κ2) is 9.64. The molecule has 1 aromatic heterocycles. The van der Waals surface area contributed by atoms with Gasteiger partial charge in [0.2, 0.25) is 5.43 Å². The minimum Gasteiger partial charge on any atom is -0.451 e. The van der Waals surface area contributed by atoms with Crippen molar-refractivity contribution in [3.8, 4) is 17.2 Å². The number of pyridine rings is 1. The number of nitrogens with one attached hydrogen (secondary N) is 1. The number of fused-ring (bicyclic) bond motifs is 3. The van der Waals surface area contributed by atoms with Crippen molar-refractivity contribution in [3.63, 3.8) is 0 Å². The number of benzene rings is 4. The van der Waals surface area contributed by atoms with E-state index in [4.69, 9.17) is 16.2 Å². The second-order valence-electron chi connectivity index (χ2n) is 10.7. The third-order valence-corrected chi connectivity index (χ3v) is 7.93. The van der Waals surface area contributed by atoms with Crippen LogP contribution in [-0.4, -0.2) is 36.2 Å². The van der Waals surface area contributed by atoms with Gasteiger partial charge in [-0.05, 0) is 59.5 Å². The number of rotatable bonds is 5. The average Bonchev–Trinajstić information content (AvgIpc) is 3.39. The number of nitrogen functional groups attached to an aromatic ring is 1. The van der Waals surface area contributed by atoms with E-state index in [1.807, 2.05) is 53.4 Å². The van der Waals surface area contributed by atoms with Gasteiger partial charge in [0.15, 0.2) is 17.3 Å². The maximum atomic E-state index is 15.8. The first kappa shape index (κ1) is 25.1. The summed E-state index contributed by atoms with van der Waals surface area (Å²) in [5, 5.41) is 4.85. The molecule has 0 bridgehead atoms. The smallest absolute Gasteiger partial charge is 0.256 e. The van der Waals surface area contributed by atoms with E-state index in [1.54, 1.807) is 22.9 Å². The molecule has 5 N–H and O–H groups in total. The molecular formula is C32H28FN5O3. The van der Waals surface area contributed by atoms with E-state index in [0.717, 1.165) is 22.8 Å². The number of amides is 1. The maximum absolute atomic E-state index is 15.8. The van der Waals surface area contributed by atoms with Crippen molar-refractivity contribution < 1.29 is 13.9 Å². The van der Waals surface area contributed by atoms with E-state index < -0.39 is 17.2 Å². The summed E-state index contributed by atoms with van der Waals surface area (Å²) < 4.78 is 24.0. The Morgan fingerprint density at radius 1 is 1.07 bits per heavy atom. The van der Waals surface area contributed by atoms with Gasteiger partial charge in [0.25, 0.3) is 5.91 Å². The summed E-state index contributed by atoms with van der Waals surface area (Å²) in [7, 11) is 0. The molecule has 7 rings (SSSR count). The summed E-state index contributed by atoms with van der Waals surface area (Å²) in [6, 6.07) is 20.2. The van der Waals surface area contributed by atoms with Crippen LogP contribution in [-0.2, 0) is 6.42 Å². The Morgan fingerprint density at radius 3 is 2.56 bits per heavy atom. The van der Waals surface area contributed by atoms with Gasteiger partial charge in [0.05, 0.1) is 11.1 Å². The van der Waals surface area contributed by atoms with Crippen molar-refractivity contribution in [1.82, 2.24) is 9.88 Å². The quantitative estimate of drug-likeness (QED) is 0.273. The molecule has 1 atom stereocenters. The summed E-state index contributed by atoms with van der Waals surface area (Å²) >= 11 is 0. The van der Waals surface area contributed by atoms with E-state index in [-0.39, 0.29) is 28.4 Å². The molecule has 1 amide bonds. The van der Waals surface area contributed by atoms with E-state index >= 15 is 4.39 Å². The van der Waals surface area contributed by atoms with Crippen molar-refractivity contribution >= 4 is 39.0 Å². The highest BCUT2D eigenvalue weighted by Crippen LogP contribution is 2.48. The van der Waals surface area contributed by atoms with Crippen molar-refractivity contribution in [2.24, 2.45) is 5.73 Å². The van der Waals surface area contributed by atoms with Gasteiger partial charge in [-0.3, -0.25) is 9.59 Å². The van der Waals surface area contributed by atoms with Gasteiger partial charge in [0, 0.05) is 37.6 Å². The minimum atomic E-state index is -0.588. The van der Waals surface area contributed by atoms with Crippen molar-refractivity contribution in [2.75, 3.05) is 30.3 Å². The molecule has 0 aliphatic carbocycles. The molecule has 206 valence electrons. The zero-order chi connectivity index (χ0) is 28.2. The lowest BCUT2D eigenvalue weighted by Gasteiger charge is -2.29. The summed E-state index contributed by atoms with van der Waals surface area (Å²) in [6.07, 6.45) is 2.83. The van der Waals surface area contributed by atoms with Gasteiger partial charge in [-0.25, -0.2) is 4.39 Å². The summed E-state index contributed by atoms with van der Waals surface area (Å²) in [6.45, 7) is 1.36. The van der Waals surface area contributed by atoms with Crippen LogP contribution in [0.3, 0.4) is 0 Å². The molecule has 41 heavy (non-hydrogen) atoms. The van der Waals surface area contributed by atoms with Gasteiger partial charge < -0.3 is 31.0 Å². The average molecular weight is 550 g/mol. The van der Waals surface area contributed by atoms with Crippen LogP contribution in [0.5, 0.6) is 11.5 Å². The molecule has 8 nitrogen and oxygen atoms in total. The Labute approximate surface area is 234 Å². The van der Waals surface area contributed by atoms with Crippen molar-refractivity contribution in [2.45, 2.75) is 18.9 Å². The summed E-state index contributed by atoms with van der Waals surface area (Å²) in [5.74, 6) is -0.354. The van der Waals surface area contributed by atoms with Crippen LogP contribution in [0.25, 0.3) is 27.4 Å². The number of carbonyl (C=O) groups excluding carboxylic acids is 1. The number of hydrogen-bond acceptors (Lipinski definition) is 6. The number of carbonyl (C=O) groups is 1. The molecule has 0 saturated carbocycles. The lowest BCUT2D eigenvalue weighted by atomic mass is 10.0. The van der Waals surface area contributed by atoms with Crippen LogP contribution >= 0.6 is 0 Å². The Kier molecular flexibility index (Phi) is 5.90. The Bertz CT molecular complexity index is 1920. The lowest BCUT2D eigenvalue weighted by molar-refractivity contribution is 0.0952. The van der Waals surface area contributed by atoms with Crippen LogP contribution in [0.1, 0.15) is 22.3 Å². The first-order chi connectivity index (χ1) is 19.9. The monoisotopic (exact) mass is 549 g/mol. The summed E-state index contributed by atoms with van der Waals surface area (Å²) in [4.78, 5) is 28.9. The molecule has 1 saturated heterocycles. The van der Waals surface area contributed by atoms with Crippen LogP contribution < -0.4 is 31.8 Å². The van der Waals surface area contributed by atoms with Gasteiger partial charge in [-0.15, -0.1) is 0 Å². The van der Waals surface area contributed by atoms with Crippen LogP contribution in [0.2, 0.25) is 0 Å². The standard InChI is InChI=1S/C32H28FN5O3/c33-25-15-23-28-31(29(25)37-12-10-22(35)16-37)41-27-14-20-4-2-1-3-19(20)13-26(27)38(28)17-24(30(23)39)32(40)36-11-9-18-5-7-21(34)8-6-18/h1-8,13-15,17,22H,9-12,16,34-35H2,(H,36,40). The molecule has 0 spiro atoms. The number of hydrogen-bond donors (Lipinski definition) is 3. The van der Waals surface area contributed by atoms with Gasteiger partial charge >= 0.3 is 0 Å². The van der Waals surface area contributed by atoms with Crippen LogP contribution in [0.15, 0.2) is 77.7 Å². The highest BCUT2D eigenvalue weighted by molar-refractivity contribution is 6.02. The number of ether oxygens (including phenoxy) is 1. The van der Waals surface area contributed by atoms with Gasteiger partial charge in [-0.2, -0.15) is 0 Å². The van der Waals surface area contributed by atoms with E-state index in [9.17, 15) is 9.59 Å². The second-order valence-corrected chi connectivity index (χ2v) is 10.7. The number of anilines is 2.